The normalized spacial score (nSPS) is 26.1. The first-order chi connectivity index (χ1) is 15.0. The van der Waals surface area contributed by atoms with E-state index in [4.69, 9.17) is 21.1 Å². The van der Waals surface area contributed by atoms with Gasteiger partial charge in [-0.15, -0.1) is 0 Å². The van der Waals surface area contributed by atoms with Crippen LogP contribution >= 0.6 is 11.6 Å². The van der Waals surface area contributed by atoms with Gasteiger partial charge in [-0.2, -0.15) is 4.98 Å². The third-order valence-corrected chi connectivity index (χ3v) is 6.25. The highest BCUT2D eigenvalue weighted by molar-refractivity contribution is 6.34. The van der Waals surface area contributed by atoms with Crippen LogP contribution in [0.3, 0.4) is 0 Å². The van der Waals surface area contributed by atoms with Crippen molar-refractivity contribution in [2.75, 3.05) is 31.2 Å². The van der Waals surface area contributed by atoms with E-state index < -0.39 is 18.3 Å². The maximum Gasteiger partial charge on any atom is 0.295 e. The lowest BCUT2D eigenvalue weighted by Gasteiger charge is -2.18. The first-order valence-electron chi connectivity index (χ1n) is 10.3. The fourth-order valence-electron chi connectivity index (χ4n) is 4.18. The molecule has 0 bridgehead atoms. The van der Waals surface area contributed by atoms with Crippen molar-refractivity contribution < 1.29 is 24.8 Å². The van der Waals surface area contributed by atoms with Gasteiger partial charge in [-0.05, 0) is 36.2 Å². The molecule has 4 unspecified atom stereocenters. The molecule has 3 heterocycles. The minimum atomic E-state index is -0.924. The molecular weight excluding hydrogens is 422 g/mol. The van der Waals surface area contributed by atoms with Gasteiger partial charge in [-0.1, -0.05) is 23.7 Å². The minimum Gasteiger partial charge on any atom is -0.456 e. The van der Waals surface area contributed by atoms with E-state index in [0.717, 1.165) is 35.3 Å². The van der Waals surface area contributed by atoms with Crippen LogP contribution in [0.5, 0.6) is 6.01 Å². The number of benzene rings is 2. The number of β-amino-alcohol motifs (C(OH)–C–C–N with tert-alkyl or cyclic N) is 1. The number of ether oxygens (including phenoxy) is 2. The standard InChI is InChI=1S/C22H24ClN3O5/c23-16-8-18-17(24-22(25-18)31-20-11-30-19(10-27)21(20)29)7-15(16)12-1-3-13(4-2-12)26-6-5-14(28)9-26/h1-4,7-8,14,19-21,27-29H,5-6,9-11H2,(H,24,25). The van der Waals surface area contributed by atoms with Gasteiger partial charge < -0.3 is 34.7 Å². The molecule has 5 rings (SSSR count). The van der Waals surface area contributed by atoms with Crippen molar-refractivity contribution in [2.45, 2.75) is 30.8 Å². The lowest BCUT2D eigenvalue weighted by atomic mass is 10.0. The van der Waals surface area contributed by atoms with Crippen LogP contribution in [-0.2, 0) is 4.74 Å². The third-order valence-electron chi connectivity index (χ3n) is 5.94. The molecule has 2 aliphatic rings. The van der Waals surface area contributed by atoms with Gasteiger partial charge in [0.25, 0.3) is 6.01 Å². The monoisotopic (exact) mass is 445 g/mol. The third kappa shape index (κ3) is 3.97. The zero-order valence-electron chi connectivity index (χ0n) is 16.7. The lowest BCUT2D eigenvalue weighted by Crippen LogP contribution is -2.36. The Kier molecular flexibility index (Phi) is 5.49. The van der Waals surface area contributed by atoms with Gasteiger partial charge in [0.1, 0.15) is 12.2 Å². The Morgan fingerprint density at radius 1 is 1.23 bits per heavy atom. The molecule has 4 atom stereocenters. The number of rotatable bonds is 5. The number of hydrogen-bond acceptors (Lipinski definition) is 7. The van der Waals surface area contributed by atoms with Crippen molar-refractivity contribution in [1.29, 1.82) is 0 Å². The van der Waals surface area contributed by atoms with Crippen LogP contribution in [0, 0.1) is 0 Å². The molecule has 1 aromatic heterocycles. The second kappa shape index (κ2) is 8.29. The predicted octanol–water partition coefficient (Wildman–Crippen LogP) is 1.95. The average Bonchev–Trinajstić information content (AvgIpc) is 3.46. The Morgan fingerprint density at radius 3 is 2.71 bits per heavy atom. The first-order valence-corrected chi connectivity index (χ1v) is 10.7. The van der Waals surface area contributed by atoms with Crippen molar-refractivity contribution in [1.82, 2.24) is 9.97 Å². The molecule has 2 saturated heterocycles. The van der Waals surface area contributed by atoms with E-state index in [1.165, 1.54) is 0 Å². The summed E-state index contributed by atoms with van der Waals surface area (Å²) in [7, 11) is 0. The molecular formula is C22H24ClN3O5. The molecule has 0 amide bonds. The van der Waals surface area contributed by atoms with Gasteiger partial charge in [0.05, 0.1) is 35.4 Å². The molecule has 9 heteroatoms. The van der Waals surface area contributed by atoms with Gasteiger partial charge in [0, 0.05) is 24.3 Å². The molecule has 0 spiro atoms. The van der Waals surface area contributed by atoms with Gasteiger partial charge >= 0.3 is 0 Å². The largest absolute Gasteiger partial charge is 0.456 e. The van der Waals surface area contributed by atoms with Gasteiger partial charge in [0.2, 0.25) is 0 Å². The van der Waals surface area contributed by atoms with Crippen molar-refractivity contribution in [3.8, 4) is 17.1 Å². The molecule has 3 aromatic rings. The number of nitrogens with zero attached hydrogens (tertiary/aromatic N) is 2. The van der Waals surface area contributed by atoms with Crippen molar-refractivity contribution in [2.24, 2.45) is 0 Å². The predicted molar refractivity (Wildman–Crippen MR) is 117 cm³/mol. The Hall–Kier alpha value is -2.36. The van der Waals surface area contributed by atoms with Crippen molar-refractivity contribution >= 4 is 28.3 Å². The summed E-state index contributed by atoms with van der Waals surface area (Å²) in [5, 5.41) is 29.7. The van der Waals surface area contributed by atoms with Crippen molar-refractivity contribution in [3.63, 3.8) is 0 Å². The summed E-state index contributed by atoms with van der Waals surface area (Å²) < 4.78 is 11.1. The maximum atomic E-state index is 10.1. The number of imidazole rings is 1. The Morgan fingerprint density at radius 2 is 2.03 bits per heavy atom. The molecule has 164 valence electrons. The van der Waals surface area contributed by atoms with E-state index in [1.54, 1.807) is 6.07 Å². The van der Waals surface area contributed by atoms with Gasteiger partial charge in [-0.3, -0.25) is 0 Å². The van der Waals surface area contributed by atoms with Crippen LogP contribution < -0.4 is 9.64 Å². The summed E-state index contributed by atoms with van der Waals surface area (Å²) in [5.74, 6) is 0. The highest BCUT2D eigenvalue weighted by Crippen LogP contribution is 2.34. The zero-order valence-corrected chi connectivity index (χ0v) is 17.5. The SMILES string of the molecule is OCC1OCC(Oc2nc3cc(-c4ccc(N5CCC(O)C5)cc4)c(Cl)cc3[nH]2)C1O. The van der Waals surface area contributed by atoms with Crippen LogP contribution in [0.25, 0.3) is 22.2 Å². The van der Waals surface area contributed by atoms with E-state index in [0.29, 0.717) is 17.1 Å². The molecule has 31 heavy (non-hydrogen) atoms. The lowest BCUT2D eigenvalue weighted by molar-refractivity contribution is -0.00390. The second-order valence-electron chi connectivity index (χ2n) is 8.03. The maximum absolute atomic E-state index is 10.1. The summed E-state index contributed by atoms with van der Waals surface area (Å²) in [6, 6.07) is 12.1. The smallest absolute Gasteiger partial charge is 0.295 e. The zero-order chi connectivity index (χ0) is 21.5. The van der Waals surface area contributed by atoms with Crippen LogP contribution in [0.15, 0.2) is 36.4 Å². The van der Waals surface area contributed by atoms with Gasteiger partial charge in [-0.25, -0.2) is 0 Å². The fraction of sp³-hybridized carbons (Fsp3) is 0.409. The molecule has 2 fully saturated rings. The van der Waals surface area contributed by atoms with Crippen LogP contribution in [-0.4, -0.2) is 76.0 Å². The first kappa shape index (κ1) is 20.5. The molecule has 2 aromatic carbocycles. The topological polar surface area (TPSA) is 111 Å². The summed E-state index contributed by atoms with van der Waals surface area (Å²) >= 11 is 6.54. The molecule has 4 N–H and O–H groups in total. The summed E-state index contributed by atoms with van der Waals surface area (Å²) in [6.07, 6.45) is -1.66. The number of anilines is 1. The molecule has 0 saturated carbocycles. The molecule has 0 radical (unpaired) electrons. The number of aromatic amines is 1. The number of nitrogens with one attached hydrogen (secondary N) is 1. The van der Waals surface area contributed by atoms with E-state index >= 15 is 0 Å². The van der Waals surface area contributed by atoms with Crippen LogP contribution in [0.1, 0.15) is 6.42 Å². The number of aliphatic hydroxyl groups is 3. The average molecular weight is 446 g/mol. The summed E-state index contributed by atoms with van der Waals surface area (Å²) in [6.45, 7) is 1.41. The summed E-state index contributed by atoms with van der Waals surface area (Å²) in [5.41, 5.74) is 4.30. The number of H-pyrrole nitrogens is 1. The minimum absolute atomic E-state index is 0.176. The summed E-state index contributed by atoms with van der Waals surface area (Å²) in [4.78, 5) is 9.71. The van der Waals surface area contributed by atoms with E-state index in [9.17, 15) is 15.3 Å². The number of hydrogen-bond donors (Lipinski definition) is 4. The Balaban J connectivity index is 1.37. The van der Waals surface area contributed by atoms with Crippen LogP contribution in [0.4, 0.5) is 5.69 Å². The highest BCUT2D eigenvalue weighted by atomic mass is 35.5. The van der Waals surface area contributed by atoms with Crippen LogP contribution in [0.2, 0.25) is 5.02 Å². The number of aromatic nitrogens is 2. The number of fused-ring (bicyclic) bond motifs is 1. The second-order valence-corrected chi connectivity index (χ2v) is 8.44. The molecule has 2 aliphatic heterocycles. The molecule has 8 nitrogen and oxygen atoms in total. The van der Waals surface area contributed by atoms with Crippen molar-refractivity contribution in [3.05, 3.63) is 41.4 Å². The number of aliphatic hydroxyl groups excluding tert-OH is 3. The van der Waals surface area contributed by atoms with Gasteiger partial charge in [0.15, 0.2) is 6.10 Å². The fourth-order valence-corrected chi connectivity index (χ4v) is 4.45. The molecule has 0 aliphatic carbocycles. The highest BCUT2D eigenvalue weighted by Gasteiger charge is 2.37. The van der Waals surface area contributed by atoms with E-state index in [2.05, 4.69) is 14.9 Å². The van der Waals surface area contributed by atoms with E-state index in [1.807, 2.05) is 30.3 Å². The Bertz CT molecular complexity index is 1070. The quantitative estimate of drug-likeness (QED) is 0.475. The Labute approximate surface area is 184 Å². The number of halogens is 1. The van der Waals surface area contributed by atoms with E-state index in [-0.39, 0.29) is 25.3 Å².